The molecule has 0 unspecified atom stereocenters. The Morgan fingerprint density at radius 2 is 1.92 bits per heavy atom. The summed E-state index contributed by atoms with van der Waals surface area (Å²) in [5.41, 5.74) is 1.20. The number of Topliss-reactive ketones (excluding diaryl/α,β-unsaturated/α-hetero) is 1. The van der Waals surface area contributed by atoms with Gasteiger partial charge in [-0.3, -0.25) is 9.59 Å². The molecule has 0 spiro atoms. The molecule has 6 nitrogen and oxygen atoms in total. The van der Waals surface area contributed by atoms with Gasteiger partial charge < -0.3 is 4.90 Å². The standard InChI is InChI=1S/C17H19BrN4O2/c1-12-6-7-13(16(23)10-18)11-21(12)17(24)14-4-2-3-5-15(14)22-19-8-9-20-22/h2-5,8-9,12-13H,6-7,10-11H2,1H3/t12-,13-/m1/s1. The van der Waals surface area contributed by atoms with E-state index in [0.717, 1.165) is 12.8 Å². The molecule has 1 saturated heterocycles. The van der Waals surface area contributed by atoms with Crippen LogP contribution in [-0.4, -0.2) is 49.5 Å². The van der Waals surface area contributed by atoms with Crippen molar-refractivity contribution >= 4 is 27.6 Å². The third-order valence-electron chi connectivity index (χ3n) is 4.50. The van der Waals surface area contributed by atoms with Gasteiger partial charge in [0.25, 0.3) is 5.91 Å². The van der Waals surface area contributed by atoms with Gasteiger partial charge in [0.2, 0.25) is 0 Å². The summed E-state index contributed by atoms with van der Waals surface area (Å²) in [5.74, 6) is -0.0243. The first-order valence-electron chi connectivity index (χ1n) is 7.97. The van der Waals surface area contributed by atoms with Crippen LogP contribution in [0.25, 0.3) is 5.69 Å². The molecule has 0 aliphatic carbocycles. The van der Waals surface area contributed by atoms with Crippen LogP contribution in [0, 0.1) is 5.92 Å². The number of piperidine rings is 1. The summed E-state index contributed by atoms with van der Waals surface area (Å²) >= 11 is 3.23. The first-order chi connectivity index (χ1) is 11.6. The van der Waals surface area contributed by atoms with Gasteiger partial charge in [0, 0.05) is 18.5 Å². The molecular weight excluding hydrogens is 372 g/mol. The van der Waals surface area contributed by atoms with E-state index in [2.05, 4.69) is 26.1 Å². The topological polar surface area (TPSA) is 68.1 Å². The lowest BCUT2D eigenvalue weighted by atomic mass is 9.90. The Hall–Kier alpha value is -2.02. The Labute approximate surface area is 149 Å². The van der Waals surface area contributed by atoms with E-state index in [1.165, 1.54) is 4.80 Å². The average Bonchev–Trinajstić information content (AvgIpc) is 3.15. The smallest absolute Gasteiger partial charge is 0.256 e. The third kappa shape index (κ3) is 3.26. The van der Waals surface area contributed by atoms with Gasteiger partial charge >= 0.3 is 0 Å². The van der Waals surface area contributed by atoms with Crippen molar-refractivity contribution < 1.29 is 9.59 Å². The van der Waals surface area contributed by atoms with Gasteiger partial charge in [-0.1, -0.05) is 28.1 Å². The van der Waals surface area contributed by atoms with Crippen molar-refractivity contribution in [2.45, 2.75) is 25.8 Å². The van der Waals surface area contributed by atoms with Crippen molar-refractivity contribution in [1.82, 2.24) is 19.9 Å². The number of ketones is 1. The van der Waals surface area contributed by atoms with Crippen LogP contribution in [-0.2, 0) is 4.79 Å². The summed E-state index contributed by atoms with van der Waals surface area (Å²) in [6.45, 7) is 2.49. The Kier molecular flexibility index (Phi) is 5.08. The van der Waals surface area contributed by atoms with E-state index in [1.54, 1.807) is 23.4 Å². The van der Waals surface area contributed by atoms with Crippen LogP contribution in [0.15, 0.2) is 36.7 Å². The fraction of sp³-hybridized carbons (Fsp3) is 0.412. The molecule has 7 heteroatoms. The largest absolute Gasteiger partial charge is 0.335 e. The molecule has 0 saturated carbocycles. The molecule has 1 amide bonds. The van der Waals surface area contributed by atoms with Gasteiger partial charge in [0.15, 0.2) is 0 Å². The number of rotatable bonds is 4. The predicted molar refractivity (Wildman–Crippen MR) is 93.4 cm³/mol. The van der Waals surface area contributed by atoms with Crippen molar-refractivity contribution in [2.75, 3.05) is 11.9 Å². The summed E-state index contributed by atoms with van der Waals surface area (Å²) in [7, 11) is 0. The maximum absolute atomic E-state index is 13.1. The molecular formula is C17H19BrN4O2. The number of halogens is 1. The van der Waals surface area contributed by atoms with Crippen molar-refractivity contribution in [3.05, 3.63) is 42.2 Å². The highest BCUT2D eigenvalue weighted by Crippen LogP contribution is 2.26. The normalized spacial score (nSPS) is 20.8. The van der Waals surface area contributed by atoms with Gasteiger partial charge in [-0.25, -0.2) is 0 Å². The van der Waals surface area contributed by atoms with Crippen LogP contribution in [0.3, 0.4) is 0 Å². The zero-order chi connectivity index (χ0) is 17.1. The lowest BCUT2D eigenvalue weighted by molar-refractivity contribution is -0.121. The molecule has 1 aromatic heterocycles. The Bertz CT molecular complexity index is 732. The average molecular weight is 391 g/mol. The molecule has 0 N–H and O–H groups in total. The zero-order valence-electron chi connectivity index (χ0n) is 13.4. The number of para-hydroxylation sites is 1. The van der Waals surface area contributed by atoms with Crippen LogP contribution >= 0.6 is 15.9 Å². The molecule has 2 heterocycles. The SMILES string of the molecule is C[C@@H]1CC[C@@H](C(=O)CBr)CN1C(=O)c1ccccc1-n1nccn1. The maximum Gasteiger partial charge on any atom is 0.256 e. The predicted octanol–water partition coefficient (Wildman–Crippen LogP) is 2.47. The highest BCUT2D eigenvalue weighted by Gasteiger charge is 2.33. The zero-order valence-corrected chi connectivity index (χ0v) is 15.0. The molecule has 2 aromatic rings. The van der Waals surface area contributed by atoms with Crippen LogP contribution < -0.4 is 0 Å². The highest BCUT2D eigenvalue weighted by molar-refractivity contribution is 9.09. The fourth-order valence-electron chi connectivity index (χ4n) is 3.09. The minimum absolute atomic E-state index is 0.0810. The van der Waals surface area contributed by atoms with Crippen molar-refractivity contribution in [1.29, 1.82) is 0 Å². The summed E-state index contributed by atoms with van der Waals surface area (Å²) in [5, 5.41) is 8.58. The lowest BCUT2D eigenvalue weighted by Crippen LogP contribution is -2.47. The van der Waals surface area contributed by atoms with Crippen LogP contribution in [0.2, 0.25) is 0 Å². The minimum Gasteiger partial charge on any atom is -0.335 e. The number of aromatic nitrogens is 3. The van der Waals surface area contributed by atoms with E-state index in [0.29, 0.717) is 23.1 Å². The van der Waals surface area contributed by atoms with Gasteiger partial charge in [-0.15, -0.1) is 0 Å². The number of alkyl halides is 1. The van der Waals surface area contributed by atoms with Crippen LogP contribution in [0.4, 0.5) is 0 Å². The van der Waals surface area contributed by atoms with E-state index >= 15 is 0 Å². The first-order valence-corrected chi connectivity index (χ1v) is 9.09. The quantitative estimate of drug-likeness (QED) is 0.751. The van der Waals surface area contributed by atoms with Crippen molar-refractivity contribution in [3.63, 3.8) is 0 Å². The van der Waals surface area contributed by atoms with E-state index in [9.17, 15) is 9.59 Å². The first kappa shape index (κ1) is 16.8. The number of carbonyl (C=O) groups excluding carboxylic acids is 2. The Balaban J connectivity index is 1.90. The minimum atomic E-state index is -0.0977. The van der Waals surface area contributed by atoms with Gasteiger partial charge in [-0.05, 0) is 31.9 Å². The number of hydrogen-bond donors (Lipinski definition) is 0. The van der Waals surface area contributed by atoms with Crippen LogP contribution in [0.1, 0.15) is 30.1 Å². The molecule has 3 rings (SSSR count). The van der Waals surface area contributed by atoms with Crippen molar-refractivity contribution in [2.24, 2.45) is 5.92 Å². The molecule has 24 heavy (non-hydrogen) atoms. The molecule has 1 aromatic carbocycles. The number of carbonyl (C=O) groups is 2. The van der Waals surface area contributed by atoms with E-state index in [-0.39, 0.29) is 23.7 Å². The summed E-state index contributed by atoms with van der Waals surface area (Å²) in [4.78, 5) is 28.4. The monoisotopic (exact) mass is 390 g/mol. The Morgan fingerprint density at radius 1 is 1.21 bits per heavy atom. The van der Waals surface area contributed by atoms with Gasteiger partial charge in [0.05, 0.1) is 29.0 Å². The second kappa shape index (κ2) is 7.25. The maximum atomic E-state index is 13.1. The van der Waals surface area contributed by atoms with E-state index in [4.69, 9.17) is 0 Å². The van der Waals surface area contributed by atoms with E-state index in [1.807, 2.05) is 25.1 Å². The number of amides is 1. The molecule has 1 aliphatic heterocycles. The number of nitrogens with zero attached hydrogens (tertiary/aromatic N) is 4. The summed E-state index contributed by atoms with van der Waals surface area (Å²) in [6, 6.07) is 7.39. The number of likely N-dealkylation sites (tertiary alicyclic amines) is 1. The molecule has 0 radical (unpaired) electrons. The molecule has 1 aliphatic rings. The lowest BCUT2D eigenvalue weighted by Gasteiger charge is -2.37. The van der Waals surface area contributed by atoms with Crippen molar-refractivity contribution in [3.8, 4) is 5.69 Å². The van der Waals surface area contributed by atoms with E-state index < -0.39 is 0 Å². The molecule has 0 bridgehead atoms. The van der Waals surface area contributed by atoms with Gasteiger partial charge in [0.1, 0.15) is 5.78 Å². The summed E-state index contributed by atoms with van der Waals surface area (Å²) in [6.07, 6.45) is 4.82. The second-order valence-corrected chi connectivity index (χ2v) is 6.58. The molecule has 126 valence electrons. The van der Waals surface area contributed by atoms with Gasteiger partial charge in [-0.2, -0.15) is 15.0 Å². The fourth-order valence-corrected chi connectivity index (χ4v) is 3.54. The highest BCUT2D eigenvalue weighted by atomic mass is 79.9. The summed E-state index contributed by atoms with van der Waals surface area (Å²) < 4.78 is 0. The second-order valence-electron chi connectivity index (χ2n) is 6.02. The third-order valence-corrected chi connectivity index (χ3v) is 5.05. The molecule has 2 atom stereocenters. The number of hydrogen-bond acceptors (Lipinski definition) is 4. The van der Waals surface area contributed by atoms with Crippen LogP contribution in [0.5, 0.6) is 0 Å². The Morgan fingerprint density at radius 3 is 2.62 bits per heavy atom. The molecule has 1 fully saturated rings. The number of benzene rings is 1.